The van der Waals surface area contributed by atoms with Gasteiger partial charge in [0.1, 0.15) is 12.4 Å². The van der Waals surface area contributed by atoms with Gasteiger partial charge in [-0.3, -0.25) is 9.59 Å². The fourth-order valence-electron chi connectivity index (χ4n) is 0.794. The van der Waals surface area contributed by atoms with Crippen molar-refractivity contribution in [2.75, 3.05) is 0 Å². The summed E-state index contributed by atoms with van der Waals surface area (Å²) in [4.78, 5) is 21.3. The number of rotatable bonds is 2. The maximum absolute atomic E-state index is 12.5. The molecule has 1 aromatic heterocycles. The Hall–Kier alpha value is -1.65. The maximum atomic E-state index is 12.5. The van der Waals surface area contributed by atoms with Gasteiger partial charge in [-0.1, -0.05) is 0 Å². The molecule has 0 fully saturated rings. The number of amides is 1. The van der Waals surface area contributed by atoms with Crippen LogP contribution in [0.3, 0.4) is 0 Å². The Kier molecular flexibility index (Phi) is 2.23. The van der Waals surface area contributed by atoms with Crippen molar-refractivity contribution >= 4 is 5.91 Å². The predicted molar refractivity (Wildman–Crippen MR) is 39.9 cm³/mol. The third kappa shape index (κ3) is 1.91. The molecule has 4 nitrogen and oxygen atoms in total. The number of aromatic nitrogens is 1. The summed E-state index contributed by atoms with van der Waals surface area (Å²) in [6.45, 7) is -0.295. The Bertz CT molecular complexity index is 359. The van der Waals surface area contributed by atoms with Gasteiger partial charge in [-0.25, -0.2) is 4.39 Å². The molecule has 1 rings (SSSR count). The summed E-state index contributed by atoms with van der Waals surface area (Å²) >= 11 is 0. The van der Waals surface area contributed by atoms with Crippen LogP contribution in [-0.2, 0) is 11.3 Å². The number of carbonyl (C=O) groups is 1. The molecule has 12 heavy (non-hydrogen) atoms. The lowest BCUT2D eigenvalue weighted by atomic mass is 10.4. The van der Waals surface area contributed by atoms with E-state index in [9.17, 15) is 14.0 Å². The second-order valence-corrected chi connectivity index (χ2v) is 2.28. The summed E-state index contributed by atoms with van der Waals surface area (Å²) in [6, 6.07) is 2.07. The van der Waals surface area contributed by atoms with Gasteiger partial charge in [-0.2, -0.15) is 0 Å². The van der Waals surface area contributed by atoms with Gasteiger partial charge in [0.2, 0.25) is 5.91 Å². The first-order chi connectivity index (χ1) is 5.59. The molecule has 2 N–H and O–H groups in total. The monoisotopic (exact) mass is 170 g/mol. The molecule has 0 aliphatic rings. The molecular formula is C7H7FN2O2. The Labute approximate surface area is 67.4 Å². The topological polar surface area (TPSA) is 65.1 Å². The molecule has 0 aliphatic carbocycles. The number of hydrogen-bond acceptors (Lipinski definition) is 2. The lowest BCUT2D eigenvalue weighted by molar-refractivity contribution is -0.118. The van der Waals surface area contributed by atoms with Crippen LogP contribution in [0.1, 0.15) is 0 Å². The van der Waals surface area contributed by atoms with E-state index in [0.717, 1.165) is 22.9 Å². The summed E-state index contributed by atoms with van der Waals surface area (Å²) in [7, 11) is 0. The Morgan fingerprint density at radius 3 is 2.83 bits per heavy atom. The summed E-state index contributed by atoms with van der Waals surface area (Å²) in [5, 5.41) is 0. The highest BCUT2D eigenvalue weighted by molar-refractivity contribution is 5.73. The van der Waals surface area contributed by atoms with Crippen LogP contribution in [0, 0.1) is 5.82 Å². The standard InChI is InChI=1S/C7H7FN2O2/c8-5-1-2-7(12)10(3-5)4-6(9)11/h1-3H,4H2,(H2,9,11). The van der Waals surface area contributed by atoms with E-state index in [4.69, 9.17) is 5.73 Å². The lowest BCUT2D eigenvalue weighted by Crippen LogP contribution is -2.27. The minimum Gasteiger partial charge on any atom is -0.368 e. The normalized spacial score (nSPS) is 9.75. The van der Waals surface area contributed by atoms with Crippen LogP contribution in [0.2, 0.25) is 0 Å². The first-order valence-electron chi connectivity index (χ1n) is 3.24. The first-order valence-corrected chi connectivity index (χ1v) is 3.24. The van der Waals surface area contributed by atoms with E-state index in [2.05, 4.69) is 0 Å². The first kappa shape index (κ1) is 8.45. The van der Waals surface area contributed by atoms with Crippen molar-refractivity contribution in [3.8, 4) is 0 Å². The Morgan fingerprint density at radius 1 is 1.58 bits per heavy atom. The third-order valence-electron chi connectivity index (χ3n) is 1.27. The van der Waals surface area contributed by atoms with Gasteiger partial charge in [-0.05, 0) is 6.07 Å². The van der Waals surface area contributed by atoms with Gasteiger partial charge < -0.3 is 10.3 Å². The van der Waals surface area contributed by atoms with E-state index in [-0.39, 0.29) is 6.54 Å². The quantitative estimate of drug-likeness (QED) is 0.648. The molecule has 64 valence electrons. The molecule has 1 amide bonds. The molecule has 1 heterocycles. The molecule has 0 aliphatic heterocycles. The molecule has 0 aromatic carbocycles. The van der Waals surface area contributed by atoms with Gasteiger partial charge in [0.05, 0.1) is 0 Å². The highest BCUT2D eigenvalue weighted by atomic mass is 19.1. The fraction of sp³-hybridized carbons (Fsp3) is 0.143. The van der Waals surface area contributed by atoms with Crippen LogP contribution < -0.4 is 11.3 Å². The van der Waals surface area contributed by atoms with Crippen LogP contribution in [-0.4, -0.2) is 10.5 Å². The second kappa shape index (κ2) is 3.17. The number of pyridine rings is 1. The van der Waals surface area contributed by atoms with Crippen LogP contribution in [0.15, 0.2) is 23.1 Å². The van der Waals surface area contributed by atoms with Crippen molar-refractivity contribution in [1.82, 2.24) is 4.57 Å². The largest absolute Gasteiger partial charge is 0.368 e. The maximum Gasteiger partial charge on any atom is 0.251 e. The number of hydrogen-bond donors (Lipinski definition) is 1. The zero-order valence-electron chi connectivity index (χ0n) is 6.16. The smallest absolute Gasteiger partial charge is 0.251 e. The average molecular weight is 170 g/mol. The summed E-state index contributed by atoms with van der Waals surface area (Å²) in [5.41, 5.74) is 4.37. The van der Waals surface area contributed by atoms with Crippen LogP contribution in [0.25, 0.3) is 0 Å². The van der Waals surface area contributed by atoms with Gasteiger partial charge >= 0.3 is 0 Å². The zero-order chi connectivity index (χ0) is 9.14. The zero-order valence-corrected chi connectivity index (χ0v) is 6.16. The number of halogens is 1. The average Bonchev–Trinajstić information content (AvgIpc) is 1.96. The van der Waals surface area contributed by atoms with Crippen molar-refractivity contribution in [2.45, 2.75) is 6.54 Å². The van der Waals surface area contributed by atoms with E-state index in [1.54, 1.807) is 0 Å². The SMILES string of the molecule is NC(=O)Cn1cc(F)ccc1=O. The second-order valence-electron chi connectivity index (χ2n) is 2.28. The minimum atomic E-state index is -0.678. The summed E-state index contributed by atoms with van der Waals surface area (Å²) in [6.07, 6.45) is 0.938. The fourth-order valence-corrected chi connectivity index (χ4v) is 0.794. The van der Waals surface area contributed by atoms with Crippen molar-refractivity contribution in [3.05, 3.63) is 34.5 Å². The Balaban J connectivity index is 3.06. The molecule has 0 saturated heterocycles. The molecular weight excluding hydrogens is 163 g/mol. The van der Waals surface area contributed by atoms with Gasteiger partial charge in [0.25, 0.3) is 5.56 Å². The third-order valence-corrected chi connectivity index (χ3v) is 1.27. The minimum absolute atomic E-state index is 0.295. The molecule has 0 bridgehead atoms. The van der Waals surface area contributed by atoms with Crippen molar-refractivity contribution in [2.24, 2.45) is 5.73 Å². The molecule has 0 radical (unpaired) electrons. The van der Waals surface area contributed by atoms with Crippen LogP contribution in [0.4, 0.5) is 4.39 Å². The lowest BCUT2D eigenvalue weighted by Gasteiger charge is -2.00. The molecule has 0 spiro atoms. The number of carbonyl (C=O) groups excluding carboxylic acids is 1. The van der Waals surface area contributed by atoms with Gasteiger partial charge in [0.15, 0.2) is 0 Å². The van der Waals surface area contributed by atoms with Crippen molar-refractivity contribution in [3.63, 3.8) is 0 Å². The van der Waals surface area contributed by atoms with Crippen LogP contribution in [0.5, 0.6) is 0 Å². The van der Waals surface area contributed by atoms with Gasteiger partial charge in [-0.15, -0.1) is 0 Å². The van der Waals surface area contributed by atoms with E-state index in [0.29, 0.717) is 0 Å². The highest BCUT2D eigenvalue weighted by Crippen LogP contribution is 1.90. The van der Waals surface area contributed by atoms with E-state index in [1.165, 1.54) is 0 Å². The molecule has 0 atom stereocenters. The van der Waals surface area contributed by atoms with Crippen molar-refractivity contribution < 1.29 is 9.18 Å². The molecule has 5 heteroatoms. The molecule has 0 unspecified atom stereocenters. The van der Waals surface area contributed by atoms with Crippen molar-refractivity contribution in [1.29, 1.82) is 0 Å². The van der Waals surface area contributed by atoms with Crippen LogP contribution >= 0.6 is 0 Å². The highest BCUT2D eigenvalue weighted by Gasteiger charge is 2.00. The van der Waals surface area contributed by atoms with E-state index < -0.39 is 17.3 Å². The number of primary amides is 1. The summed E-state index contributed by atoms with van der Waals surface area (Å²) < 4.78 is 13.4. The molecule has 0 saturated carbocycles. The number of nitrogens with two attached hydrogens (primary N) is 1. The van der Waals surface area contributed by atoms with E-state index in [1.807, 2.05) is 0 Å². The number of nitrogens with zero attached hydrogens (tertiary/aromatic N) is 1. The van der Waals surface area contributed by atoms with Gasteiger partial charge in [0, 0.05) is 12.3 Å². The van der Waals surface area contributed by atoms with E-state index >= 15 is 0 Å². The Morgan fingerprint density at radius 2 is 2.25 bits per heavy atom. The summed E-state index contributed by atoms with van der Waals surface area (Å²) in [5.74, 6) is -1.25. The predicted octanol–water partition coefficient (Wildman–Crippen LogP) is -0.527. The molecule has 1 aromatic rings.